The summed E-state index contributed by atoms with van der Waals surface area (Å²) in [4.78, 5) is 26.0. The van der Waals surface area contributed by atoms with Gasteiger partial charge in [0.2, 0.25) is 5.91 Å². The topological polar surface area (TPSA) is 78.4 Å². The molecule has 0 heterocycles. The van der Waals surface area contributed by atoms with Gasteiger partial charge in [0.1, 0.15) is 11.6 Å². The van der Waals surface area contributed by atoms with Gasteiger partial charge in [-0.25, -0.2) is 4.79 Å². The van der Waals surface area contributed by atoms with Gasteiger partial charge >= 0.3 is 5.97 Å². The Balaban J connectivity index is 1.53. The van der Waals surface area contributed by atoms with Crippen LogP contribution in [0, 0.1) is 5.92 Å². The molecule has 0 saturated heterocycles. The molecule has 36 heavy (non-hydrogen) atoms. The fourth-order valence-electron chi connectivity index (χ4n) is 4.81. The van der Waals surface area contributed by atoms with E-state index in [-0.39, 0.29) is 17.6 Å². The zero-order valence-corrected chi connectivity index (χ0v) is 21.7. The smallest absolute Gasteiger partial charge is 0.326 e. The number of carbonyl (C=O) groups is 2. The highest BCUT2D eigenvalue weighted by Gasteiger charge is 2.46. The molecule has 4 rings (SSSR count). The van der Waals surface area contributed by atoms with Crippen LogP contribution in [0.3, 0.4) is 0 Å². The van der Waals surface area contributed by atoms with E-state index in [2.05, 4.69) is 37.1 Å². The Hall–Kier alpha value is -3.09. The number of aryl methyl sites for hydroxylation is 1. The molecular weight excluding hydrogens is 468 g/mol. The Kier molecular flexibility index (Phi) is 8.17. The fraction of sp³-hybridized carbons (Fsp3) is 0.333. The highest BCUT2D eigenvalue weighted by molar-refractivity contribution is 7.81. The summed E-state index contributed by atoms with van der Waals surface area (Å²) in [5.74, 6) is -1.01. The standard InChI is InChI=1S/C30H34N2O3S/c1-20(2)27(36)19-31-30(17-16-24-10-6-7-11-25(24)30)29(35)32-26(28(33)34)18-21-12-14-23(15-13-21)22-8-4-3-5-9-22/h3-15,20,26-27,31,36H,16-19H2,1-2H3,(H,32,35)(H,33,34). The van der Waals surface area contributed by atoms with Crippen molar-refractivity contribution in [2.75, 3.05) is 6.54 Å². The summed E-state index contributed by atoms with van der Waals surface area (Å²) in [6.45, 7) is 4.73. The minimum Gasteiger partial charge on any atom is -0.480 e. The number of amides is 1. The van der Waals surface area contributed by atoms with E-state index in [4.69, 9.17) is 0 Å². The first-order chi connectivity index (χ1) is 17.3. The highest BCUT2D eigenvalue weighted by atomic mass is 32.1. The zero-order chi connectivity index (χ0) is 25.7. The van der Waals surface area contributed by atoms with Gasteiger partial charge in [0.25, 0.3) is 0 Å². The van der Waals surface area contributed by atoms with E-state index in [1.165, 1.54) is 0 Å². The first-order valence-electron chi connectivity index (χ1n) is 12.5. The number of aliphatic carboxylic acids is 1. The van der Waals surface area contributed by atoms with Crippen LogP contribution in [-0.4, -0.2) is 34.8 Å². The van der Waals surface area contributed by atoms with Crippen LogP contribution in [0.2, 0.25) is 0 Å². The fourth-order valence-corrected chi connectivity index (χ4v) is 4.90. The van der Waals surface area contributed by atoms with Crippen LogP contribution in [-0.2, 0) is 28.0 Å². The van der Waals surface area contributed by atoms with Gasteiger partial charge in [-0.3, -0.25) is 10.1 Å². The van der Waals surface area contributed by atoms with Crippen molar-refractivity contribution in [3.8, 4) is 11.1 Å². The van der Waals surface area contributed by atoms with E-state index in [1.807, 2.05) is 78.9 Å². The van der Waals surface area contributed by atoms with Crippen molar-refractivity contribution < 1.29 is 14.7 Å². The lowest BCUT2D eigenvalue weighted by atomic mass is 9.89. The molecular formula is C30H34N2O3S. The van der Waals surface area contributed by atoms with E-state index in [0.717, 1.165) is 34.2 Å². The number of benzene rings is 3. The molecule has 0 aliphatic heterocycles. The largest absolute Gasteiger partial charge is 0.480 e. The van der Waals surface area contributed by atoms with Gasteiger partial charge in [-0.2, -0.15) is 12.6 Å². The number of carboxylic acids is 1. The molecule has 3 unspecified atom stereocenters. The third-order valence-electron chi connectivity index (χ3n) is 7.12. The van der Waals surface area contributed by atoms with Gasteiger partial charge in [0, 0.05) is 18.2 Å². The average Bonchev–Trinajstić information content (AvgIpc) is 3.27. The van der Waals surface area contributed by atoms with Crippen molar-refractivity contribution in [1.29, 1.82) is 0 Å². The normalized spacial score (nSPS) is 18.4. The molecule has 0 saturated carbocycles. The van der Waals surface area contributed by atoms with E-state index in [1.54, 1.807) is 0 Å². The lowest BCUT2D eigenvalue weighted by Crippen LogP contribution is -2.58. The van der Waals surface area contributed by atoms with Gasteiger partial charge in [-0.05, 0) is 46.6 Å². The number of fused-ring (bicyclic) bond motifs is 1. The summed E-state index contributed by atoms with van der Waals surface area (Å²) >= 11 is 4.69. The summed E-state index contributed by atoms with van der Waals surface area (Å²) in [6, 6.07) is 24.7. The van der Waals surface area contributed by atoms with Crippen LogP contribution in [0.25, 0.3) is 11.1 Å². The third-order valence-corrected chi connectivity index (χ3v) is 7.90. The molecule has 3 atom stereocenters. The molecule has 0 bridgehead atoms. The molecule has 0 aromatic heterocycles. The maximum Gasteiger partial charge on any atom is 0.326 e. The zero-order valence-electron chi connectivity index (χ0n) is 20.8. The van der Waals surface area contributed by atoms with E-state index >= 15 is 0 Å². The number of carbonyl (C=O) groups excluding carboxylic acids is 1. The molecule has 3 aromatic carbocycles. The number of carboxylic acid groups (broad SMARTS) is 1. The predicted octanol–water partition coefficient (Wildman–Crippen LogP) is 4.85. The number of hydrogen-bond donors (Lipinski definition) is 4. The molecule has 3 aromatic rings. The van der Waals surface area contributed by atoms with Crippen molar-refractivity contribution in [3.05, 3.63) is 95.6 Å². The molecule has 0 radical (unpaired) electrons. The summed E-state index contributed by atoms with van der Waals surface area (Å²) in [5, 5.41) is 16.4. The highest BCUT2D eigenvalue weighted by Crippen LogP contribution is 2.37. The Morgan fingerprint density at radius 2 is 1.58 bits per heavy atom. The minimum atomic E-state index is -1.05. The maximum absolute atomic E-state index is 13.8. The summed E-state index contributed by atoms with van der Waals surface area (Å²) in [5.41, 5.74) is 4.08. The van der Waals surface area contributed by atoms with Crippen LogP contribution in [0.15, 0.2) is 78.9 Å². The maximum atomic E-state index is 13.8. The second-order valence-electron chi connectivity index (χ2n) is 9.89. The Morgan fingerprint density at radius 3 is 2.25 bits per heavy atom. The summed E-state index contributed by atoms with van der Waals surface area (Å²) in [6.07, 6.45) is 1.54. The average molecular weight is 503 g/mol. The van der Waals surface area contributed by atoms with Crippen molar-refractivity contribution in [1.82, 2.24) is 10.6 Å². The molecule has 3 N–H and O–H groups in total. The number of nitrogens with one attached hydrogen (secondary N) is 2. The van der Waals surface area contributed by atoms with Crippen LogP contribution in [0.5, 0.6) is 0 Å². The monoisotopic (exact) mass is 502 g/mol. The second-order valence-corrected chi connectivity index (χ2v) is 10.5. The van der Waals surface area contributed by atoms with Crippen LogP contribution >= 0.6 is 12.6 Å². The van der Waals surface area contributed by atoms with Crippen molar-refractivity contribution in [2.45, 2.75) is 49.9 Å². The molecule has 5 nitrogen and oxygen atoms in total. The Labute approximate surface area is 218 Å². The van der Waals surface area contributed by atoms with Crippen molar-refractivity contribution in [3.63, 3.8) is 0 Å². The summed E-state index contributed by atoms with van der Waals surface area (Å²) in [7, 11) is 0. The quantitative estimate of drug-likeness (QED) is 0.299. The number of hydrogen-bond acceptors (Lipinski definition) is 4. The lowest BCUT2D eigenvalue weighted by Gasteiger charge is -2.33. The van der Waals surface area contributed by atoms with Crippen molar-refractivity contribution in [2.24, 2.45) is 5.92 Å². The van der Waals surface area contributed by atoms with Gasteiger partial charge in [-0.15, -0.1) is 0 Å². The molecule has 1 aliphatic carbocycles. The molecule has 188 valence electrons. The lowest BCUT2D eigenvalue weighted by molar-refractivity contribution is -0.143. The van der Waals surface area contributed by atoms with E-state index in [0.29, 0.717) is 18.9 Å². The van der Waals surface area contributed by atoms with Crippen LogP contribution in [0.1, 0.15) is 37.0 Å². The third kappa shape index (κ3) is 5.66. The van der Waals surface area contributed by atoms with Gasteiger partial charge < -0.3 is 10.4 Å². The van der Waals surface area contributed by atoms with E-state index < -0.39 is 17.6 Å². The molecule has 1 aliphatic rings. The Morgan fingerprint density at radius 1 is 0.944 bits per heavy atom. The van der Waals surface area contributed by atoms with Gasteiger partial charge in [0.05, 0.1) is 0 Å². The minimum absolute atomic E-state index is 0.0702. The second kappa shape index (κ2) is 11.3. The number of thiol groups is 1. The molecule has 0 spiro atoms. The first kappa shape index (κ1) is 26.0. The SMILES string of the molecule is CC(C)C(S)CNC1(C(=O)NC(Cc2ccc(-c3ccccc3)cc2)C(=O)O)CCc2ccccc21. The van der Waals surface area contributed by atoms with Gasteiger partial charge in [0.15, 0.2) is 0 Å². The number of rotatable bonds is 10. The van der Waals surface area contributed by atoms with E-state index in [9.17, 15) is 14.7 Å². The van der Waals surface area contributed by atoms with Gasteiger partial charge in [-0.1, -0.05) is 92.7 Å². The summed E-state index contributed by atoms with van der Waals surface area (Å²) < 4.78 is 0. The molecule has 1 amide bonds. The first-order valence-corrected chi connectivity index (χ1v) is 13.0. The van der Waals surface area contributed by atoms with Crippen molar-refractivity contribution >= 4 is 24.5 Å². The van der Waals surface area contributed by atoms with Crippen LogP contribution in [0.4, 0.5) is 0 Å². The molecule has 6 heteroatoms. The molecule has 0 fully saturated rings. The van der Waals surface area contributed by atoms with Crippen LogP contribution < -0.4 is 10.6 Å². The predicted molar refractivity (Wildman–Crippen MR) is 147 cm³/mol. The Bertz CT molecular complexity index is 1200.